The third kappa shape index (κ3) is 3.50. The highest BCUT2D eigenvalue weighted by molar-refractivity contribution is 5.18. The van der Waals surface area contributed by atoms with Gasteiger partial charge in [-0.05, 0) is 39.4 Å². The van der Waals surface area contributed by atoms with Crippen molar-refractivity contribution in [3.05, 3.63) is 35.4 Å². The average molecular weight is 254 g/mol. The molecule has 4 heteroatoms. The minimum absolute atomic E-state index is 0.0347. The van der Waals surface area contributed by atoms with Crippen molar-refractivity contribution in [2.45, 2.75) is 32.4 Å². The van der Waals surface area contributed by atoms with E-state index in [0.29, 0.717) is 12.1 Å². The van der Waals surface area contributed by atoms with Gasteiger partial charge in [0.15, 0.2) is 0 Å². The van der Waals surface area contributed by atoms with Gasteiger partial charge in [-0.3, -0.25) is 4.90 Å². The highest BCUT2D eigenvalue weighted by atomic mass is 19.1. The molecule has 2 nitrogen and oxygen atoms in total. The lowest BCUT2D eigenvalue weighted by Crippen LogP contribution is -2.46. The quantitative estimate of drug-likeness (QED) is 0.872. The number of benzene rings is 1. The molecule has 0 bridgehead atoms. The zero-order chi connectivity index (χ0) is 13.2. The Bertz CT molecular complexity index is 418. The van der Waals surface area contributed by atoms with Crippen LogP contribution in [0.1, 0.15) is 25.8 Å². The molecule has 2 rings (SSSR count). The van der Waals surface area contributed by atoms with E-state index >= 15 is 0 Å². The molecule has 0 saturated carbocycles. The maximum absolute atomic E-state index is 13.6. The summed E-state index contributed by atoms with van der Waals surface area (Å²) in [6, 6.07) is 3.81. The number of hydrogen-bond donors (Lipinski definition) is 1. The van der Waals surface area contributed by atoms with Crippen molar-refractivity contribution in [1.82, 2.24) is 10.2 Å². The van der Waals surface area contributed by atoms with Gasteiger partial charge in [-0.2, -0.15) is 0 Å². The molecule has 0 aromatic heterocycles. The van der Waals surface area contributed by atoms with Gasteiger partial charge in [0.2, 0.25) is 0 Å². The Labute approximate surface area is 107 Å². The molecule has 1 N–H and O–H groups in total. The summed E-state index contributed by atoms with van der Waals surface area (Å²) in [4.78, 5) is 2.22. The standard InChI is InChI=1S/C14H20F2N2/c1-14(2)10-18(7-3-6-17-14)9-11-4-5-12(15)8-13(11)16/h4-5,8,17H,3,6-7,9-10H2,1-2H3. The van der Waals surface area contributed by atoms with E-state index in [1.807, 2.05) is 0 Å². The van der Waals surface area contributed by atoms with Crippen LogP contribution in [0.3, 0.4) is 0 Å². The molecule has 1 aromatic carbocycles. The summed E-state index contributed by atoms with van der Waals surface area (Å²) in [5.41, 5.74) is 0.599. The zero-order valence-corrected chi connectivity index (χ0v) is 11.0. The summed E-state index contributed by atoms with van der Waals surface area (Å²) in [5.74, 6) is -0.973. The summed E-state index contributed by atoms with van der Waals surface area (Å²) in [6.07, 6.45) is 1.05. The van der Waals surface area contributed by atoms with E-state index in [1.165, 1.54) is 12.1 Å². The van der Waals surface area contributed by atoms with E-state index < -0.39 is 11.6 Å². The minimum atomic E-state index is -0.519. The van der Waals surface area contributed by atoms with Gasteiger partial charge < -0.3 is 5.32 Å². The van der Waals surface area contributed by atoms with Crippen LogP contribution >= 0.6 is 0 Å². The van der Waals surface area contributed by atoms with Crippen molar-refractivity contribution in [2.75, 3.05) is 19.6 Å². The van der Waals surface area contributed by atoms with Crippen LogP contribution in [0, 0.1) is 11.6 Å². The summed E-state index contributed by atoms with van der Waals surface area (Å²) in [5, 5.41) is 3.46. The van der Waals surface area contributed by atoms with Crippen molar-refractivity contribution in [3.63, 3.8) is 0 Å². The van der Waals surface area contributed by atoms with Gasteiger partial charge in [-0.1, -0.05) is 6.07 Å². The molecular formula is C14H20F2N2. The molecule has 0 atom stereocenters. The van der Waals surface area contributed by atoms with Gasteiger partial charge in [-0.25, -0.2) is 8.78 Å². The van der Waals surface area contributed by atoms with Crippen molar-refractivity contribution in [3.8, 4) is 0 Å². The second-order valence-corrected chi connectivity index (χ2v) is 5.61. The van der Waals surface area contributed by atoms with E-state index in [9.17, 15) is 8.78 Å². The van der Waals surface area contributed by atoms with Crippen LogP contribution in [0.15, 0.2) is 18.2 Å². The molecule has 1 fully saturated rings. The third-order valence-corrected chi connectivity index (χ3v) is 3.28. The topological polar surface area (TPSA) is 15.3 Å². The monoisotopic (exact) mass is 254 g/mol. The van der Waals surface area contributed by atoms with Crippen molar-refractivity contribution in [2.24, 2.45) is 0 Å². The predicted molar refractivity (Wildman–Crippen MR) is 68.3 cm³/mol. The SMILES string of the molecule is CC1(C)CN(Cc2ccc(F)cc2F)CCCN1. The van der Waals surface area contributed by atoms with Crippen LogP contribution in [0.2, 0.25) is 0 Å². The summed E-state index contributed by atoms with van der Waals surface area (Å²) >= 11 is 0. The fourth-order valence-corrected chi connectivity index (χ4v) is 2.45. The summed E-state index contributed by atoms with van der Waals surface area (Å²) < 4.78 is 26.5. The second kappa shape index (κ2) is 5.33. The van der Waals surface area contributed by atoms with E-state index in [1.54, 1.807) is 0 Å². The van der Waals surface area contributed by atoms with Crippen LogP contribution in [-0.2, 0) is 6.54 Å². The third-order valence-electron chi connectivity index (χ3n) is 3.28. The normalized spacial score (nSPS) is 20.7. The Balaban J connectivity index is 2.07. The minimum Gasteiger partial charge on any atom is -0.310 e. The molecule has 0 aliphatic carbocycles. The van der Waals surface area contributed by atoms with E-state index in [0.717, 1.165) is 32.1 Å². The highest BCUT2D eigenvalue weighted by Crippen LogP contribution is 2.16. The molecule has 0 unspecified atom stereocenters. The van der Waals surface area contributed by atoms with Gasteiger partial charge in [0.25, 0.3) is 0 Å². The van der Waals surface area contributed by atoms with Gasteiger partial charge in [0.1, 0.15) is 11.6 Å². The number of nitrogens with zero attached hydrogens (tertiary/aromatic N) is 1. The van der Waals surface area contributed by atoms with E-state index in [4.69, 9.17) is 0 Å². The Hall–Kier alpha value is -1.00. The lowest BCUT2D eigenvalue weighted by atomic mass is 10.1. The highest BCUT2D eigenvalue weighted by Gasteiger charge is 2.24. The Morgan fingerprint density at radius 3 is 2.83 bits per heavy atom. The van der Waals surface area contributed by atoms with Gasteiger partial charge >= 0.3 is 0 Å². The maximum atomic E-state index is 13.6. The molecule has 1 aromatic rings. The molecular weight excluding hydrogens is 234 g/mol. The van der Waals surface area contributed by atoms with Crippen LogP contribution in [0.25, 0.3) is 0 Å². The van der Waals surface area contributed by atoms with E-state index in [-0.39, 0.29) is 5.54 Å². The fraction of sp³-hybridized carbons (Fsp3) is 0.571. The Kier molecular flexibility index (Phi) is 3.97. The fourth-order valence-electron chi connectivity index (χ4n) is 2.45. The Morgan fingerprint density at radius 1 is 1.33 bits per heavy atom. The maximum Gasteiger partial charge on any atom is 0.130 e. The molecule has 100 valence electrons. The smallest absolute Gasteiger partial charge is 0.130 e. The first-order valence-electron chi connectivity index (χ1n) is 6.38. The van der Waals surface area contributed by atoms with Crippen molar-refractivity contribution >= 4 is 0 Å². The largest absolute Gasteiger partial charge is 0.310 e. The summed E-state index contributed by atoms with van der Waals surface area (Å²) in [6.45, 7) is 7.61. The van der Waals surface area contributed by atoms with E-state index in [2.05, 4.69) is 24.1 Å². The van der Waals surface area contributed by atoms with Gasteiger partial charge in [0.05, 0.1) is 0 Å². The first-order chi connectivity index (χ1) is 8.46. The summed E-state index contributed by atoms with van der Waals surface area (Å²) in [7, 11) is 0. The zero-order valence-electron chi connectivity index (χ0n) is 11.0. The molecule has 1 saturated heterocycles. The molecule has 1 heterocycles. The van der Waals surface area contributed by atoms with Crippen LogP contribution in [0.4, 0.5) is 8.78 Å². The molecule has 1 aliphatic rings. The molecule has 1 aliphatic heterocycles. The van der Waals surface area contributed by atoms with Crippen LogP contribution < -0.4 is 5.32 Å². The number of nitrogens with one attached hydrogen (secondary N) is 1. The number of rotatable bonds is 2. The van der Waals surface area contributed by atoms with Crippen molar-refractivity contribution in [1.29, 1.82) is 0 Å². The first kappa shape index (κ1) is 13.4. The molecule has 0 spiro atoms. The van der Waals surface area contributed by atoms with Crippen molar-refractivity contribution < 1.29 is 8.78 Å². The first-order valence-corrected chi connectivity index (χ1v) is 6.38. The lowest BCUT2D eigenvalue weighted by molar-refractivity contribution is 0.221. The number of hydrogen-bond acceptors (Lipinski definition) is 2. The van der Waals surface area contributed by atoms with Crippen LogP contribution in [-0.4, -0.2) is 30.1 Å². The predicted octanol–water partition coefficient (Wildman–Crippen LogP) is 2.54. The number of halogens is 2. The molecule has 0 radical (unpaired) electrons. The van der Waals surface area contributed by atoms with Gasteiger partial charge in [-0.15, -0.1) is 0 Å². The second-order valence-electron chi connectivity index (χ2n) is 5.61. The van der Waals surface area contributed by atoms with Gasteiger partial charge in [0, 0.05) is 30.3 Å². The molecule has 18 heavy (non-hydrogen) atoms. The Morgan fingerprint density at radius 2 is 2.11 bits per heavy atom. The lowest BCUT2D eigenvalue weighted by Gasteiger charge is -2.30. The molecule has 0 amide bonds. The average Bonchev–Trinajstić information content (AvgIpc) is 2.43. The van der Waals surface area contributed by atoms with Crippen LogP contribution in [0.5, 0.6) is 0 Å².